The highest BCUT2D eigenvalue weighted by molar-refractivity contribution is 5.91. The van der Waals surface area contributed by atoms with Crippen LogP contribution in [-0.4, -0.2) is 36.3 Å². The molecule has 31 heavy (non-hydrogen) atoms. The topological polar surface area (TPSA) is 72.6 Å². The highest BCUT2D eigenvalue weighted by Gasteiger charge is 2.33. The van der Waals surface area contributed by atoms with Gasteiger partial charge in [0.1, 0.15) is 11.6 Å². The zero-order chi connectivity index (χ0) is 20.6. The van der Waals surface area contributed by atoms with Crippen molar-refractivity contribution in [2.24, 2.45) is 0 Å². The Bertz CT molecular complexity index is 1220. The molecular weight excluding hydrogens is 386 g/mol. The molecule has 5 heterocycles. The van der Waals surface area contributed by atoms with Crippen LogP contribution in [0.5, 0.6) is 0 Å². The van der Waals surface area contributed by atoms with Gasteiger partial charge in [-0.3, -0.25) is 4.98 Å². The van der Waals surface area contributed by atoms with E-state index in [1.54, 1.807) is 6.20 Å². The summed E-state index contributed by atoms with van der Waals surface area (Å²) in [5, 5.41) is 10.3. The summed E-state index contributed by atoms with van der Waals surface area (Å²) in [4.78, 5) is 16.6. The third-order valence-electron chi connectivity index (χ3n) is 6.46. The minimum atomic E-state index is 0.194. The average Bonchev–Trinajstić information content (AvgIpc) is 3.39. The number of nitrogens with zero attached hydrogens (tertiary/aromatic N) is 7. The average molecular weight is 412 g/mol. The lowest BCUT2D eigenvalue weighted by Gasteiger charge is -2.27. The van der Waals surface area contributed by atoms with E-state index in [4.69, 9.17) is 9.97 Å². The van der Waals surface area contributed by atoms with Crippen LogP contribution in [0.2, 0.25) is 0 Å². The van der Waals surface area contributed by atoms with Crippen molar-refractivity contribution in [3.05, 3.63) is 60.4 Å². The maximum Gasteiger partial charge on any atom is 0.163 e. The fourth-order valence-corrected chi connectivity index (χ4v) is 4.95. The van der Waals surface area contributed by atoms with Gasteiger partial charge in [-0.1, -0.05) is 18.6 Å². The Morgan fingerprint density at radius 2 is 1.84 bits per heavy atom. The fourth-order valence-electron chi connectivity index (χ4n) is 4.95. The Balaban J connectivity index is 1.48. The molecule has 7 nitrogen and oxygen atoms in total. The van der Waals surface area contributed by atoms with Gasteiger partial charge in [0.05, 0.1) is 11.6 Å². The van der Waals surface area contributed by atoms with E-state index in [1.165, 1.54) is 19.3 Å². The highest BCUT2D eigenvalue weighted by atomic mass is 15.3. The van der Waals surface area contributed by atoms with E-state index in [9.17, 15) is 0 Å². The molecule has 156 valence electrons. The van der Waals surface area contributed by atoms with Gasteiger partial charge in [0.2, 0.25) is 0 Å². The summed E-state index contributed by atoms with van der Waals surface area (Å²) < 4.78 is 2.38. The standard InChI is InChI=1S/C24H25N7/c1-2-12-21-28-29-24(31(21)14-5-1)20-11-7-15-30(20)23-18-9-3-4-10-19(18)26-22(27-23)17-8-6-13-25-16-17/h3-4,6,8-10,13,16,20H,1-2,5,7,11-12,14-15H2. The fraction of sp³-hybridized carbons (Fsp3) is 0.375. The van der Waals surface area contributed by atoms with E-state index in [1.807, 2.05) is 24.4 Å². The second-order valence-corrected chi connectivity index (χ2v) is 8.42. The minimum absolute atomic E-state index is 0.194. The third-order valence-corrected chi connectivity index (χ3v) is 6.46. The van der Waals surface area contributed by atoms with Gasteiger partial charge in [0.15, 0.2) is 11.6 Å². The van der Waals surface area contributed by atoms with Crippen molar-refractivity contribution in [1.82, 2.24) is 29.7 Å². The van der Waals surface area contributed by atoms with Gasteiger partial charge >= 0.3 is 0 Å². The van der Waals surface area contributed by atoms with Crippen molar-refractivity contribution < 1.29 is 0 Å². The number of fused-ring (bicyclic) bond motifs is 2. The first-order valence-corrected chi connectivity index (χ1v) is 11.2. The summed E-state index contributed by atoms with van der Waals surface area (Å²) in [5.41, 5.74) is 1.89. The summed E-state index contributed by atoms with van der Waals surface area (Å²) in [5.74, 6) is 3.94. The molecule has 0 spiro atoms. The second kappa shape index (κ2) is 7.72. The maximum atomic E-state index is 5.06. The van der Waals surface area contributed by atoms with Crippen molar-refractivity contribution in [3.63, 3.8) is 0 Å². The molecule has 2 aliphatic heterocycles. The Labute approximate surface area is 181 Å². The number of aromatic nitrogens is 6. The van der Waals surface area contributed by atoms with Gasteiger partial charge in [-0.05, 0) is 49.9 Å². The molecule has 6 rings (SSSR count). The van der Waals surface area contributed by atoms with Crippen LogP contribution in [0.15, 0.2) is 48.8 Å². The van der Waals surface area contributed by atoms with Crippen molar-refractivity contribution in [2.75, 3.05) is 11.4 Å². The molecule has 0 N–H and O–H groups in total. The zero-order valence-corrected chi connectivity index (χ0v) is 17.5. The molecule has 0 bridgehead atoms. The van der Waals surface area contributed by atoms with Crippen molar-refractivity contribution in [1.29, 1.82) is 0 Å². The van der Waals surface area contributed by atoms with Crippen molar-refractivity contribution in [2.45, 2.75) is 51.1 Å². The van der Waals surface area contributed by atoms with Crippen LogP contribution in [0, 0.1) is 0 Å². The Kier molecular flexibility index (Phi) is 4.59. The Morgan fingerprint density at radius 3 is 2.77 bits per heavy atom. The Morgan fingerprint density at radius 1 is 0.871 bits per heavy atom. The number of aryl methyl sites for hydroxylation is 1. The molecule has 2 aliphatic rings. The van der Waals surface area contributed by atoms with Gasteiger partial charge in [-0.15, -0.1) is 10.2 Å². The predicted octanol–water partition coefficient (Wildman–Crippen LogP) is 4.35. The summed E-state index contributed by atoms with van der Waals surface area (Å²) in [6, 6.07) is 12.4. The molecule has 4 aromatic rings. The highest BCUT2D eigenvalue weighted by Crippen LogP contribution is 2.39. The Hall–Kier alpha value is -3.35. The molecule has 0 aliphatic carbocycles. The zero-order valence-electron chi connectivity index (χ0n) is 17.5. The molecule has 0 radical (unpaired) electrons. The second-order valence-electron chi connectivity index (χ2n) is 8.42. The number of benzene rings is 1. The van der Waals surface area contributed by atoms with Gasteiger partial charge < -0.3 is 9.47 Å². The van der Waals surface area contributed by atoms with Crippen LogP contribution in [0.25, 0.3) is 22.3 Å². The van der Waals surface area contributed by atoms with E-state index in [2.05, 4.69) is 42.8 Å². The van der Waals surface area contributed by atoms with Crippen LogP contribution in [0.4, 0.5) is 5.82 Å². The molecule has 1 saturated heterocycles. The largest absolute Gasteiger partial charge is 0.346 e. The van der Waals surface area contributed by atoms with Gasteiger partial charge in [-0.2, -0.15) is 0 Å². The molecule has 0 saturated carbocycles. The molecule has 1 atom stereocenters. The number of para-hydroxylation sites is 1. The summed E-state index contributed by atoms with van der Waals surface area (Å²) >= 11 is 0. The minimum Gasteiger partial charge on any atom is -0.346 e. The maximum absolute atomic E-state index is 5.06. The van der Waals surface area contributed by atoms with E-state index >= 15 is 0 Å². The lowest BCUT2D eigenvalue weighted by Crippen LogP contribution is -2.27. The lowest BCUT2D eigenvalue weighted by atomic mass is 10.1. The first kappa shape index (κ1) is 18.4. The first-order chi connectivity index (χ1) is 15.4. The van der Waals surface area contributed by atoms with Crippen LogP contribution in [0.3, 0.4) is 0 Å². The van der Waals surface area contributed by atoms with Gasteiger partial charge in [-0.25, -0.2) is 9.97 Å². The summed E-state index contributed by atoms with van der Waals surface area (Å²) in [6.07, 6.45) is 10.5. The molecular formula is C24H25N7. The van der Waals surface area contributed by atoms with Crippen LogP contribution < -0.4 is 4.90 Å². The van der Waals surface area contributed by atoms with Crippen LogP contribution >= 0.6 is 0 Å². The van der Waals surface area contributed by atoms with E-state index in [0.717, 1.165) is 66.3 Å². The third kappa shape index (κ3) is 3.24. The predicted molar refractivity (Wildman–Crippen MR) is 120 cm³/mol. The van der Waals surface area contributed by atoms with Crippen LogP contribution in [-0.2, 0) is 13.0 Å². The normalized spacial score (nSPS) is 18.8. The van der Waals surface area contributed by atoms with E-state index in [-0.39, 0.29) is 6.04 Å². The lowest BCUT2D eigenvalue weighted by molar-refractivity contribution is 0.558. The summed E-state index contributed by atoms with van der Waals surface area (Å²) in [7, 11) is 0. The van der Waals surface area contributed by atoms with E-state index in [0.29, 0.717) is 5.82 Å². The van der Waals surface area contributed by atoms with Crippen molar-refractivity contribution >= 4 is 16.7 Å². The molecule has 1 unspecified atom stereocenters. The quantitative estimate of drug-likeness (QED) is 0.499. The number of anilines is 1. The number of hydrogen-bond donors (Lipinski definition) is 0. The van der Waals surface area contributed by atoms with Crippen molar-refractivity contribution in [3.8, 4) is 11.4 Å². The molecule has 7 heteroatoms. The SMILES string of the molecule is c1cncc(-c2nc(N3CCCC3c3nnc4n3CCCCC4)c3ccccc3n2)c1. The molecule has 3 aromatic heterocycles. The van der Waals surface area contributed by atoms with Gasteiger partial charge in [0.25, 0.3) is 0 Å². The molecule has 0 amide bonds. The number of pyridine rings is 1. The van der Waals surface area contributed by atoms with Gasteiger partial charge in [0, 0.05) is 42.9 Å². The van der Waals surface area contributed by atoms with E-state index < -0.39 is 0 Å². The monoisotopic (exact) mass is 411 g/mol. The van der Waals surface area contributed by atoms with Crippen LogP contribution in [0.1, 0.15) is 49.8 Å². The molecule has 1 fully saturated rings. The number of rotatable bonds is 3. The summed E-state index contributed by atoms with van der Waals surface area (Å²) in [6.45, 7) is 1.98. The first-order valence-electron chi connectivity index (χ1n) is 11.2. The molecule has 1 aromatic carbocycles. The number of hydrogen-bond acceptors (Lipinski definition) is 6. The smallest absolute Gasteiger partial charge is 0.163 e.